The molecule has 6 heteroatoms. The summed E-state index contributed by atoms with van der Waals surface area (Å²) in [4.78, 5) is 12.2. The first-order valence-electron chi connectivity index (χ1n) is 7.65. The van der Waals surface area contributed by atoms with Crippen LogP contribution >= 0.6 is 11.6 Å². The zero-order chi connectivity index (χ0) is 17.8. The Morgan fingerprint density at radius 2 is 1.88 bits per heavy atom. The average Bonchev–Trinajstić information content (AvgIpc) is 2.98. The molecule has 0 saturated heterocycles. The molecule has 2 N–H and O–H groups in total. The molecule has 0 radical (unpaired) electrons. The van der Waals surface area contributed by atoms with Crippen molar-refractivity contribution in [1.82, 2.24) is 9.78 Å². The highest BCUT2D eigenvalue weighted by molar-refractivity contribution is 6.30. The van der Waals surface area contributed by atoms with Crippen LogP contribution in [-0.4, -0.2) is 15.8 Å². The number of carbonyl (C=O) groups excluding carboxylic acids is 1. The lowest BCUT2D eigenvalue weighted by atomic mass is 10.1. The number of halogens is 1. The van der Waals surface area contributed by atoms with E-state index in [9.17, 15) is 4.79 Å². The smallest absolute Gasteiger partial charge is 0.308 e. The van der Waals surface area contributed by atoms with Crippen LogP contribution in [0.4, 0.5) is 16.2 Å². The molecular formula is C19H17ClN4O. The van der Waals surface area contributed by atoms with Crippen LogP contribution in [0.1, 0.15) is 5.56 Å². The molecule has 126 valence electrons. The van der Waals surface area contributed by atoms with E-state index in [4.69, 9.17) is 11.6 Å². The maximum absolute atomic E-state index is 12.2. The molecule has 5 nitrogen and oxygen atoms in total. The normalized spacial score (nSPS) is 10.3. The zero-order valence-electron chi connectivity index (χ0n) is 13.7. The minimum atomic E-state index is -0.326. The average molecular weight is 353 g/mol. The maximum Gasteiger partial charge on any atom is 0.323 e. The van der Waals surface area contributed by atoms with E-state index in [2.05, 4.69) is 22.3 Å². The van der Waals surface area contributed by atoms with Crippen LogP contribution in [0.15, 0.2) is 61.3 Å². The van der Waals surface area contributed by atoms with Gasteiger partial charge < -0.3 is 10.6 Å². The maximum atomic E-state index is 12.2. The Labute approximate surface area is 150 Å². The Hall–Kier alpha value is -3.05. The number of benzene rings is 2. The minimum Gasteiger partial charge on any atom is -0.308 e. The molecule has 0 saturated carbocycles. The number of carbonyl (C=O) groups is 1. The molecule has 1 aromatic heterocycles. The largest absolute Gasteiger partial charge is 0.323 e. The fourth-order valence-electron chi connectivity index (χ4n) is 2.53. The SMILES string of the molecule is C=Cc1cnn(C)c1-c1cccc(NC(=O)Nc2ccc(Cl)cc2)c1. The summed E-state index contributed by atoms with van der Waals surface area (Å²) < 4.78 is 1.78. The van der Waals surface area contributed by atoms with Crippen molar-refractivity contribution in [3.05, 3.63) is 71.9 Å². The number of anilines is 2. The van der Waals surface area contributed by atoms with Crippen LogP contribution in [0, 0.1) is 0 Å². The number of rotatable bonds is 4. The van der Waals surface area contributed by atoms with Crippen LogP contribution in [0.5, 0.6) is 0 Å². The van der Waals surface area contributed by atoms with Gasteiger partial charge in [0, 0.05) is 34.6 Å². The number of hydrogen-bond acceptors (Lipinski definition) is 2. The topological polar surface area (TPSA) is 59.0 Å². The van der Waals surface area contributed by atoms with E-state index >= 15 is 0 Å². The predicted octanol–water partition coefficient (Wildman–Crippen LogP) is 5.03. The highest BCUT2D eigenvalue weighted by Gasteiger charge is 2.10. The van der Waals surface area contributed by atoms with Gasteiger partial charge in [-0.15, -0.1) is 0 Å². The first-order chi connectivity index (χ1) is 12.1. The van der Waals surface area contributed by atoms with Gasteiger partial charge in [-0.3, -0.25) is 4.68 Å². The van der Waals surface area contributed by atoms with Gasteiger partial charge in [0.25, 0.3) is 0 Å². The van der Waals surface area contributed by atoms with Gasteiger partial charge in [0.2, 0.25) is 0 Å². The number of aromatic nitrogens is 2. The van der Waals surface area contributed by atoms with E-state index < -0.39 is 0 Å². The molecule has 0 spiro atoms. The number of nitrogens with one attached hydrogen (secondary N) is 2. The van der Waals surface area contributed by atoms with Crippen molar-refractivity contribution in [3.8, 4) is 11.3 Å². The fraction of sp³-hybridized carbons (Fsp3) is 0.0526. The van der Waals surface area contributed by atoms with Gasteiger partial charge in [-0.1, -0.05) is 36.4 Å². The van der Waals surface area contributed by atoms with Crippen molar-refractivity contribution in [2.75, 3.05) is 10.6 Å². The molecule has 0 aliphatic carbocycles. The Bertz CT molecular complexity index is 915. The van der Waals surface area contributed by atoms with Gasteiger partial charge in [0.1, 0.15) is 0 Å². The Balaban J connectivity index is 1.77. The summed E-state index contributed by atoms with van der Waals surface area (Å²) in [7, 11) is 1.87. The Kier molecular flexibility index (Phi) is 4.86. The van der Waals surface area contributed by atoms with Crippen molar-refractivity contribution in [2.24, 2.45) is 7.05 Å². The summed E-state index contributed by atoms with van der Waals surface area (Å²) in [6.07, 6.45) is 3.52. The quantitative estimate of drug-likeness (QED) is 0.692. The predicted molar refractivity (Wildman–Crippen MR) is 103 cm³/mol. The summed E-state index contributed by atoms with van der Waals surface area (Å²) >= 11 is 5.84. The van der Waals surface area contributed by atoms with E-state index in [1.165, 1.54) is 0 Å². The standard InChI is InChI=1S/C19H17ClN4O/c1-3-13-12-21-24(2)18(13)14-5-4-6-17(11-14)23-19(25)22-16-9-7-15(20)8-10-16/h3-12H,1H2,2H3,(H2,22,23,25). The van der Waals surface area contributed by atoms with E-state index in [-0.39, 0.29) is 6.03 Å². The summed E-state index contributed by atoms with van der Waals surface area (Å²) in [5.41, 5.74) is 4.17. The number of urea groups is 1. The lowest BCUT2D eigenvalue weighted by Crippen LogP contribution is -2.19. The molecule has 0 atom stereocenters. The first kappa shape index (κ1) is 16.8. The fourth-order valence-corrected chi connectivity index (χ4v) is 2.65. The van der Waals surface area contributed by atoms with Gasteiger partial charge in [-0.05, 0) is 36.4 Å². The van der Waals surface area contributed by atoms with E-state index in [0.29, 0.717) is 16.4 Å². The summed E-state index contributed by atoms with van der Waals surface area (Å²) in [6, 6.07) is 14.2. The van der Waals surface area contributed by atoms with Crippen molar-refractivity contribution in [2.45, 2.75) is 0 Å². The van der Waals surface area contributed by atoms with Gasteiger partial charge >= 0.3 is 6.03 Å². The molecule has 1 heterocycles. The molecule has 2 amide bonds. The third-order valence-corrected chi connectivity index (χ3v) is 3.93. The van der Waals surface area contributed by atoms with Crippen LogP contribution in [0.25, 0.3) is 17.3 Å². The lowest BCUT2D eigenvalue weighted by Gasteiger charge is -2.10. The number of hydrogen-bond donors (Lipinski definition) is 2. The molecule has 2 aromatic carbocycles. The Morgan fingerprint density at radius 3 is 2.60 bits per heavy atom. The van der Waals surface area contributed by atoms with Gasteiger partial charge in [-0.2, -0.15) is 5.10 Å². The Morgan fingerprint density at radius 1 is 1.16 bits per heavy atom. The van der Waals surface area contributed by atoms with Crippen LogP contribution in [0.3, 0.4) is 0 Å². The number of nitrogens with zero attached hydrogens (tertiary/aromatic N) is 2. The van der Waals surface area contributed by atoms with Crippen LogP contribution < -0.4 is 10.6 Å². The van der Waals surface area contributed by atoms with Crippen molar-refractivity contribution in [3.63, 3.8) is 0 Å². The molecule has 0 aliphatic rings. The molecule has 25 heavy (non-hydrogen) atoms. The zero-order valence-corrected chi connectivity index (χ0v) is 14.4. The van der Waals surface area contributed by atoms with Crippen molar-refractivity contribution >= 4 is 35.1 Å². The molecular weight excluding hydrogens is 336 g/mol. The second-order valence-electron chi connectivity index (χ2n) is 5.44. The highest BCUT2D eigenvalue weighted by Crippen LogP contribution is 2.26. The number of aryl methyl sites for hydroxylation is 1. The van der Waals surface area contributed by atoms with E-state index in [1.807, 2.05) is 31.3 Å². The summed E-state index contributed by atoms with van der Waals surface area (Å²) in [5, 5.41) is 10.5. The van der Waals surface area contributed by atoms with Gasteiger partial charge in [0.05, 0.1) is 11.9 Å². The second-order valence-corrected chi connectivity index (χ2v) is 5.88. The van der Waals surface area contributed by atoms with Crippen LogP contribution in [-0.2, 0) is 7.05 Å². The van der Waals surface area contributed by atoms with Gasteiger partial charge in [-0.25, -0.2) is 4.79 Å². The molecule has 3 aromatic rings. The van der Waals surface area contributed by atoms with Crippen molar-refractivity contribution < 1.29 is 4.79 Å². The van der Waals surface area contributed by atoms with E-state index in [0.717, 1.165) is 16.8 Å². The molecule has 0 fully saturated rings. The highest BCUT2D eigenvalue weighted by atomic mass is 35.5. The summed E-state index contributed by atoms with van der Waals surface area (Å²) in [5.74, 6) is 0. The van der Waals surface area contributed by atoms with E-state index in [1.54, 1.807) is 41.2 Å². The summed E-state index contributed by atoms with van der Waals surface area (Å²) in [6.45, 7) is 3.81. The monoisotopic (exact) mass is 352 g/mol. The third-order valence-electron chi connectivity index (χ3n) is 3.68. The third kappa shape index (κ3) is 3.89. The second kappa shape index (κ2) is 7.23. The molecule has 3 rings (SSSR count). The lowest BCUT2D eigenvalue weighted by molar-refractivity contribution is 0.262. The van der Waals surface area contributed by atoms with Crippen molar-refractivity contribution in [1.29, 1.82) is 0 Å². The molecule has 0 aliphatic heterocycles. The molecule has 0 unspecified atom stereocenters. The first-order valence-corrected chi connectivity index (χ1v) is 8.03. The van der Waals surface area contributed by atoms with Gasteiger partial charge in [0.15, 0.2) is 0 Å². The molecule has 0 bridgehead atoms. The minimum absolute atomic E-state index is 0.326. The van der Waals surface area contributed by atoms with Crippen LogP contribution in [0.2, 0.25) is 5.02 Å². The number of amides is 2.